The lowest BCUT2D eigenvalue weighted by Gasteiger charge is -2.03. The van der Waals surface area contributed by atoms with Crippen LogP contribution in [0, 0.1) is 3.57 Å². The van der Waals surface area contributed by atoms with Crippen molar-refractivity contribution in [3.63, 3.8) is 0 Å². The summed E-state index contributed by atoms with van der Waals surface area (Å²) in [5.74, 6) is 6.93. The normalized spacial score (nSPS) is 11.2. The molecule has 0 amide bonds. The Morgan fingerprint density at radius 3 is 2.95 bits per heavy atom. The fourth-order valence-corrected chi connectivity index (χ4v) is 3.04. The highest BCUT2D eigenvalue weighted by Crippen LogP contribution is 2.27. The Balaban J connectivity index is 2.16. The number of benzene rings is 1. The smallest absolute Gasteiger partial charge is 0.263 e. The van der Waals surface area contributed by atoms with Gasteiger partial charge in [0.05, 0.1) is 9.78 Å². The SMILES string of the molecule is CCc1nnc(N/N=C/c2cc(Br)cc(I)c2O)n1N. The number of nitrogens with zero attached hydrogens (tertiary/aromatic N) is 4. The number of aryl methyl sites for hydroxylation is 1. The van der Waals surface area contributed by atoms with Crippen molar-refractivity contribution in [2.24, 2.45) is 5.10 Å². The van der Waals surface area contributed by atoms with E-state index in [1.54, 1.807) is 6.07 Å². The van der Waals surface area contributed by atoms with Crippen molar-refractivity contribution in [1.82, 2.24) is 14.9 Å². The number of phenols is 1. The molecule has 2 rings (SSSR count). The fraction of sp³-hybridized carbons (Fsp3) is 0.182. The predicted octanol–water partition coefficient (Wildman–Crippen LogP) is 2.07. The topological polar surface area (TPSA) is 101 Å². The maximum Gasteiger partial charge on any atom is 0.263 e. The molecule has 0 radical (unpaired) electrons. The van der Waals surface area contributed by atoms with Gasteiger partial charge in [0.2, 0.25) is 0 Å². The molecule has 0 fully saturated rings. The molecule has 0 spiro atoms. The summed E-state index contributed by atoms with van der Waals surface area (Å²) in [6.07, 6.45) is 2.17. The van der Waals surface area contributed by atoms with Crippen molar-refractivity contribution in [3.05, 3.63) is 31.6 Å². The number of nitrogen functional groups attached to an aromatic ring is 1. The first-order valence-electron chi connectivity index (χ1n) is 5.69. The second-order valence-corrected chi connectivity index (χ2v) is 5.94. The minimum Gasteiger partial charge on any atom is -0.506 e. The van der Waals surface area contributed by atoms with Crippen molar-refractivity contribution in [2.75, 3.05) is 11.3 Å². The lowest BCUT2D eigenvalue weighted by atomic mass is 10.2. The van der Waals surface area contributed by atoms with E-state index in [4.69, 9.17) is 5.84 Å². The molecule has 2 aromatic rings. The van der Waals surface area contributed by atoms with Crippen molar-refractivity contribution in [3.8, 4) is 5.75 Å². The van der Waals surface area contributed by atoms with E-state index < -0.39 is 0 Å². The summed E-state index contributed by atoms with van der Waals surface area (Å²) in [5, 5.41) is 21.7. The van der Waals surface area contributed by atoms with Crippen LogP contribution in [0.5, 0.6) is 5.75 Å². The quantitative estimate of drug-likeness (QED) is 0.286. The Hall–Kier alpha value is -1.36. The van der Waals surface area contributed by atoms with Gasteiger partial charge in [-0.1, -0.05) is 22.9 Å². The summed E-state index contributed by atoms with van der Waals surface area (Å²) >= 11 is 5.41. The van der Waals surface area contributed by atoms with Gasteiger partial charge in [-0.05, 0) is 34.7 Å². The third kappa shape index (κ3) is 3.20. The van der Waals surface area contributed by atoms with E-state index in [-0.39, 0.29) is 5.75 Å². The van der Waals surface area contributed by atoms with Crippen LogP contribution in [-0.4, -0.2) is 26.2 Å². The van der Waals surface area contributed by atoms with E-state index in [1.807, 2.05) is 35.6 Å². The van der Waals surface area contributed by atoms with Crippen LogP contribution < -0.4 is 11.3 Å². The summed E-state index contributed by atoms with van der Waals surface area (Å²) in [4.78, 5) is 0. The van der Waals surface area contributed by atoms with Gasteiger partial charge in [-0.25, -0.2) is 10.1 Å². The van der Waals surface area contributed by atoms with Gasteiger partial charge >= 0.3 is 0 Å². The molecule has 0 saturated heterocycles. The van der Waals surface area contributed by atoms with Crippen molar-refractivity contribution in [2.45, 2.75) is 13.3 Å². The molecule has 4 N–H and O–H groups in total. The van der Waals surface area contributed by atoms with Crippen LogP contribution in [0.1, 0.15) is 18.3 Å². The van der Waals surface area contributed by atoms with E-state index in [1.165, 1.54) is 10.9 Å². The summed E-state index contributed by atoms with van der Waals surface area (Å²) in [7, 11) is 0. The maximum absolute atomic E-state index is 9.91. The number of aromatic nitrogens is 3. The molecule has 9 heteroatoms. The molecule has 0 aliphatic heterocycles. The minimum absolute atomic E-state index is 0.169. The zero-order valence-electron chi connectivity index (χ0n) is 10.5. The van der Waals surface area contributed by atoms with E-state index in [0.29, 0.717) is 23.8 Å². The first-order chi connectivity index (χ1) is 9.52. The van der Waals surface area contributed by atoms with Crippen molar-refractivity contribution >= 4 is 50.7 Å². The molecule has 0 bridgehead atoms. The molecule has 0 aliphatic rings. The monoisotopic (exact) mass is 450 g/mol. The van der Waals surface area contributed by atoms with E-state index in [9.17, 15) is 5.11 Å². The van der Waals surface area contributed by atoms with Gasteiger partial charge in [0, 0.05) is 16.5 Å². The molecule has 20 heavy (non-hydrogen) atoms. The molecule has 0 aliphatic carbocycles. The molecule has 0 atom stereocenters. The molecule has 1 aromatic heterocycles. The Labute approximate surface area is 137 Å². The molecule has 7 nitrogen and oxygen atoms in total. The van der Waals surface area contributed by atoms with Crippen LogP contribution in [0.2, 0.25) is 0 Å². The number of phenolic OH excluding ortho intramolecular Hbond substituents is 1. The Morgan fingerprint density at radius 1 is 1.55 bits per heavy atom. The Kier molecular flexibility index (Phi) is 4.81. The highest BCUT2D eigenvalue weighted by molar-refractivity contribution is 14.1. The minimum atomic E-state index is 0.169. The second-order valence-electron chi connectivity index (χ2n) is 3.86. The van der Waals surface area contributed by atoms with Crippen LogP contribution in [0.15, 0.2) is 21.7 Å². The second kappa shape index (κ2) is 6.39. The van der Waals surface area contributed by atoms with Gasteiger partial charge in [-0.2, -0.15) is 5.10 Å². The number of hydrogen-bond donors (Lipinski definition) is 3. The number of rotatable bonds is 4. The highest BCUT2D eigenvalue weighted by Gasteiger charge is 2.07. The number of nitrogens with one attached hydrogen (secondary N) is 1. The van der Waals surface area contributed by atoms with Gasteiger partial charge in [0.25, 0.3) is 5.95 Å². The number of hydrogen-bond acceptors (Lipinski definition) is 6. The van der Waals surface area contributed by atoms with Gasteiger partial charge in [0.15, 0.2) is 5.82 Å². The summed E-state index contributed by atoms with van der Waals surface area (Å²) < 4.78 is 2.92. The largest absolute Gasteiger partial charge is 0.506 e. The molecular weight excluding hydrogens is 439 g/mol. The zero-order valence-corrected chi connectivity index (χ0v) is 14.3. The first-order valence-corrected chi connectivity index (χ1v) is 7.56. The average molecular weight is 451 g/mol. The van der Waals surface area contributed by atoms with Gasteiger partial charge in [-0.3, -0.25) is 0 Å². The number of nitrogens with two attached hydrogens (primary N) is 1. The van der Waals surface area contributed by atoms with Crippen LogP contribution in [0.25, 0.3) is 0 Å². The van der Waals surface area contributed by atoms with Crippen molar-refractivity contribution in [1.29, 1.82) is 0 Å². The van der Waals surface area contributed by atoms with Crippen LogP contribution in [-0.2, 0) is 6.42 Å². The Bertz CT molecular complexity index is 657. The highest BCUT2D eigenvalue weighted by atomic mass is 127. The fourth-order valence-electron chi connectivity index (χ4n) is 1.48. The molecule has 0 saturated carbocycles. The van der Waals surface area contributed by atoms with E-state index >= 15 is 0 Å². The number of anilines is 1. The predicted molar refractivity (Wildman–Crippen MR) is 89.3 cm³/mol. The molecule has 106 valence electrons. The van der Waals surface area contributed by atoms with Crippen molar-refractivity contribution < 1.29 is 5.11 Å². The van der Waals surface area contributed by atoms with Crippen LogP contribution in [0.4, 0.5) is 5.95 Å². The van der Waals surface area contributed by atoms with Gasteiger partial charge in [0.1, 0.15) is 5.75 Å². The van der Waals surface area contributed by atoms with Crippen LogP contribution in [0.3, 0.4) is 0 Å². The number of hydrazone groups is 1. The maximum atomic E-state index is 9.91. The lowest BCUT2D eigenvalue weighted by molar-refractivity contribution is 0.470. The zero-order chi connectivity index (χ0) is 14.7. The first kappa shape index (κ1) is 15.0. The van der Waals surface area contributed by atoms with Gasteiger partial charge < -0.3 is 10.9 Å². The summed E-state index contributed by atoms with van der Waals surface area (Å²) in [6.45, 7) is 1.93. The molecule has 0 unspecified atom stereocenters. The number of halogens is 2. The number of aromatic hydroxyl groups is 1. The summed E-state index contributed by atoms with van der Waals surface area (Å²) in [5.41, 5.74) is 3.27. The lowest BCUT2D eigenvalue weighted by Crippen LogP contribution is -2.14. The third-order valence-corrected chi connectivity index (χ3v) is 3.79. The van der Waals surface area contributed by atoms with Crippen LogP contribution >= 0.6 is 38.5 Å². The summed E-state index contributed by atoms with van der Waals surface area (Å²) in [6, 6.07) is 3.57. The molecule has 1 aromatic carbocycles. The third-order valence-electron chi connectivity index (χ3n) is 2.51. The Morgan fingerprint density at radius 2 is 2.30 bits per heavy atom. The standard InChI is InChI=1S/C11H12BrIN6O/c1-2-9-16-18-11(19(9)14)17-15-5-6-3-7(12)4-8(13)10(6)20/h3-5,20H,2,14H2,1H3,(H,17,18)/b15-5+. The van der Waals surface area contributed by atoms with Gasteiger partial charge in [-0.15, -0.1) is 10.2 Å². The van der Waals surface area contributed by atoms with E-state index in [0.717, 1.165) is 8.04 Å². The average Bonchev–Trinajstić information content (AvgIpc) is 2.76. The van der Waals surface area contributed by atoms with E-state index in [2.05, 4.69) is 36.7 Å². The molecule has 1 heterocycles. The molecular formula is C11H12BrIN6O.